The minimum Gasteiger partial charge on any atom is -0.317 e. The van der Waals surface area contributed by atoms with E-state index in [2.05, 4.69) is 52.9 Å². The van der Waals surface area contributed by atoms with Crippen LogP contribution in [0.1, 0.15) is 19.0 Å². The van der Waals surface area contributed by atoms with Gasteiger partial charge in [0.05, 0.1) is 5.69 Å². The van der Waals surface area contributed by atoms with Crippen LogP contribution in [0.15, 0.2) is 36.5 Å². The van der Waals surface area contributed by atoms with E-state index in [0.717, 1.165) is 38.3 Å². The molecule has 1 heterocycles. The maximum atomic E-state index is 4.46. The molecule has 2 N–H and O–H groups in total. The van der Waals surface area contributed by atoms with Gasteiger partial charge in [-0.25, -0.2) is 0 Å². The lowest BCUT2D eigenvalue weighted by atomic mass is 10.1. The first-order chi connectivity index (χ1) is 8.92. The second-order valence-corrected chi connectivity index (χ2v) is 4.36. The summed E-state index contributed by atoms with van der Waals surface area (Å²) in [6, 6.07) is 10.5. The van der Waals surface area contributed by atoms with Crippen molar-refractivity contribution in [2.45, 2.75) is 19.9 Å². The number of nitrogens with zero attached hydrogens (tertiary/aromatic N) is 1. The molecule has 0 fully saturated rings. The molecule has 96 valence electrons. The summed E-state index contributed by atoms with van der Waals surface area (Å²) in [5, 5.41) is 9.28. The Morgan fingerprint density at radius 3 is 2.78 bits per heavy atom. The Bertz CT molecular complexity index is 477. The molecule has 0 bridgehead atoms. The Kier molecular flexibility index (Phi) is 5.12. The fourth-order valence-electron chi connectivity index (χ4n) is 2.05. The molecule has 0 aliphatic rings. The van der Waals surface area contributed by atoms with Crippen LogP contribution in [0.2, 0.25) is 0 Å². The molecule has 2 rings (SSSR count). The zero-order valence-electron chi connectivity index (χ0n) is 10.9. The topological polar surface area (TPSA) is 37.0 Å². The molecule has 0 aliphatic heterocycles. The molecule has 0 aliphatic carbocycles. The predicted octanol–water partition coefficient (Wildman–Crippen LogP) is 2.32. The smallest absolute Gasteiger partial charge is 0.0619 e. The summed E-state index contributed by atoms with van der Waals surface area (Å²) in [5.74, 6) is 0. The van der Waals surface area contributed by atoms with Gasteiger partial charge in [0, 0.05) is 18.1 Å². The summed E-state index contributed by atoms with van der Waals surface area (Å²) < 4.78 is 0. The number of aromatic nitrogens is 1. The van der Waals surface area contributed by atoms with Crippen LogP contribution >= 0.6 is 0 Å². The van der Waals surface area contributed by atoms with E-state index in [9.17, 15) is 0 Å². The van der Waals surface area contributed by atoms with Crippen molar-refractivity contribution in [3.8, 4) is 0 Å². The first-order valence-corrected chi connectivity index (χ1v) is 6.66. The number of hydrogen-bond acceptors (Lipinski definition) is 3. The largest absolute Gasteiger partial charge is 0.317 e. The maximum absolute atomic E-state index is 4.46. The number of nitrogens with one attached hydrogen (secondary N) is 2. The van der Waals surface area contributed by atoms with Gasteiger partial charge in [0.15, 0.2) is 0 Å². The number of pyridine rings is 1. The molecule has 0 amide bonds. The monoisotopic (exact) mass is 243 g/mol. The summed E-state index contributed by atoms with van der Waals surface area (Å²) in [6.45, 7) is 6.12. The first-order valence-electron chi connectivity index (χ1n) is 6.66. The van der Waals surface area contributed by atoms with Crippen molar-refractivity contribution in [1.82, 2.24) is 15.6 Å². The average Bonchev–Trinajstić information content (AvgIpc) is 2.43. The van der Waals surface area contributed by atoms with E-state index in [1.54, 1.807) is 0 Å². The van der Waals surface area contributed by atoms with Crippen LogP contribution < -0.4 is 10.6 Å². The van der Waals surface area contributed by atoms with Gasteiger partial charge in [-0.15, -0.1) is 0 Å². The summed E-state index contributed by atoms with van der Waals surface area (Å²) in [6.07, 6.45) is 3.04. The van der Waals surface area contributed by atoms with Gasteiger partial charge in [0.1, 0.15) is 0 Å². The molecular formula is C15H21N3. The quantitative estimate of drug-likeness (QED) is 0.733. The van der Waals surface area contributed by atoms with E-state index in [1.165, 1.54) is 10.8 Å². The Balaban J connectivity index is 1.88. The molecule has 18 heavy (non-hydrogen) atoms. The van der Waals surface area contributed by atoms with Gasteiger partial charge >= 0.3 is 0 Å². The summed E-state index contributed by atoms with van der Waals surface area (Å²) >= 11 is 0. The molecule has 2 aromatic rings. The van der Waals surface area contributed by atoms with Crippen LogP contribution in [0, 0.1) is 0 Å². The number of rotatable bonds is 7. The zero-order chi connectivity index (χ0) is 12.6. The van der Waals surface area contributed by atoms with Crippen LogP contribution in [0.3, 0.4) is 0 Å². The first kappa shape index (κ1) is 13.0. The van der Waals surface area contributed by atoms with E-state index < -0.39 is 0 Å². The van der Waals surface area contributed by atoms with Crippen LogP contribution in [0.25, 0.3) is 10.8 Å². The Morgan fingerprint density at radius 2 is 1.89 bits per heavy atom. The van der Waals surface area contributed by atoms with Gasteiger partial charge in [-0.3, -0.25) is 4.98 Å². The van der Waals surface area contributed by atoms with E-state index >= 15 is 0 Å². The van der Waals surface area contributed by atoms with Crippen LogP contribution in [0.5, 0.6) is 0 Å². The summed E-state index contributed by atoms with van der Waals surface area (Å²) in [5.41, 5.74) is 1.14. The fraction of sp³-hybridized carbons (Fsp3) is 0.400. The normalized spacial score (nSPS) is 10.9. The second-order valence-electron chi connectivity index (χ2n) is 4.36. The van der Waals surface area contributed by atoms with Gasteiger partial charge in [-0.1, -0.05) is 31.2 Å². The van der Waals surface area contributed by atoms with Crippen molar-refractivity contribution in [1.29, 1.82) is 0 Å². The van der Waals surface area contributed by atoms with Crippen molar-refractivity contribution >= 4 is 10.8 Å². The Morgan fingerprint density at radius 1 is 1.06 bits per heavy atom. The van der Waals surface area contributed by atoms with Crippen molar-refractivity contribution in [2.24, 2.45) is 0 Å². The van der Waals surface area contributed by atoms with Crippen molar-refractivity contribution in [3.63, 3.8) is 0 Å². The third kappa shape index (κ3) is 3.52. The third-order valence-corrected chi connectivity index (χ3v) is 3.01. The van der Waals surface area contributed by atoms with Gasteiger partial charge < -0.3 is 10.6 Å². The number of hydrogen-bond donors (Lipinski definition) is 2. The molecule has 1 aromatic carbocycles. The fourth-order valence-corrected chi connectivity index (χ4v) is 2.05. The molecule has 0 spiro atoms. The molecule has 0 saturated heterocycles. The Labute approximate surface area is 109 Å². The lowest BCUT2D eigenvalue weighted by Gasteiger charge is -2.07. The highest BCUT2D eigenvalue weighted by atomic mass is 14.9. The number of fused-ring (bicyclic) bond motifs is 1. The molecule has 0 saturated carbocycles. The van der Waals surface area contributed by atoms with E-state index in [-0.39, 0.29) is 0 Å². The third-order valence-electron chi connectivity index (χ3n) is 3.01. The summed E-state index contributed by atoms with van der Waals surface area (Å²) in [7, 11) is 0. The molecule has 0 unspecified atom stereocenters. The standard InChI is InChI=1S/C15H21N3/c1-2-16-9-5-10-17-12-15-14-7-4-3-6-13(14)8-11-18-15/h3-4,6-8,11,16-17H,2,5,9-10,12H2,1H3. The van der Waals surface area contributed by atoms with Crippen LogP contribution in [-0.2, 0) is 6.54 Å². The summed E-state index contributed by atoms with van der Waals surface area (Å²) in [4.78, 5) is 4.46. The molecule has 1 aromatic heterocycles. The minimum absolute atomic E-state index is 0.841. The van der Waals surface area contributed by atoms with Crippen LogP contribution in [0.4, 0.5) is 0 Å². The van der Waals surface area contributed by atoms with Crippen molar-refractivity contribution in [2.75, 3.05) is 19.6 Å². The van der Waals surface area contributed by atoms with Gasteiger partial charge in [0.2, 0.25) is 0 Å². The van der Waals surface area contributed by atoms with E-state index in [0.29, 0.717) is 0 Å². The lowest BCUT2D eigenvalue weighted by Crippen LogP contribution is -2.21. The van der Waals surface area contributed by atoms with Gasteiger partial charge in [-0.05, 0) is 37.5 Å². The molecular weight excluding hydrogens is 222 g/mol. The molecule has 3 heteroatoms. The maximum Gasteiger partial charge on any atom is 0.0619 e. The Hall–Kier alpha value is -1.45. The molecule has 3 nitrogen and oxygen atoms in total. The average molecular weight is 243 g/mol. The van der Waals surface area contributed by atoms with Gasteiger partial charge in [0.25, 0.3) is 0 Å². The highest BCUT2D eigenvalue weighted by molar-refractivity contribution is 5.84. The van der Waals surface area contributed by atoms with Crippen molar-refractivity contribution in [3.05, 3.63) is 42.2 Å². The van der Waals surface area contributed by atoms with E-state index in [4.69, 9.17) is 0 Å². The zero-order valence-corrected chi connectivity index (χ0v) is 10.9. The SMILES string of the molecule is CCNCCCNCc1nccc2ccccc12. The van der Waals surface area contributed by atoms with E-state index in [1.807, 2.05) is 6.20 Å². The molecule has 0 atom stereocenters. The molecule has 0 radical (unpaired) electrons. The van der Waals surface area contributed by atoms with Crippen LogP contribution in [-0.4, -0.2) is 24.6 Å². The highest BCUT2D eigenvalue weighted by Gasteiger charge is 2.00. The second kappa shape index (κ2) is 7.09. The predicted molar refractivity (Wildman–Crippen MR) is 76.6 cm³/mol. The van der Waals surface area contributed by atoms with Gasteiger partial charge in [-0.2, -0.15) is 0 Å². The highest BCUT2D eigenvalue weighted by Crippen LogP contribution is 2.15. The number of benzene rings is 1. The lowest BCUT2D eigenvalue weighted by molar-refractivity contribution is 0.603. The van der Waals surface area contributed by atoms with Crippen molar-refractivity contribution < 1.29 is 0 Å². The minimum atomic E-state index is 0.841.